The lowest BCUT2D eigenvalue weighted by atomic mass is 9.99. The minimum Gasteiger partial charge on any atom is -0.339 e. The number of thiophene rings is 1. The molecule has 1 unspecified atom stereocenters. The molecule has 4 rings (SSSR count). The van der Waals surface area contributed by atoms with Crippen LogP contribution in [0.2, 0.25) is 0 Å². The lowest BCUT2D eigenvalue weighted by Gasteiger charge is -2.28. The molecule has 0 saturated heterocycles. The first-order valence-corrected chi connectivity index (χ1v) is 8.74. The van der Waals surface area contributed by atoms with Gasteiger partial charge in [0.2, 0.25) is 0 Å². The first-order chi connectivity index (χ1) is 11.2. The van der Waals surface area contributed by atoms with E-state index in [2.05, 4.69) is 60.0 Å². The summed E-state index contributed by atoms with van der Waals surface area (Å²) < 4.78 is 0. The van der Waals surface area contributed by atoms with Crippen molar-refractivity contribution in [1.82, 2.24) is 0 Å². The van der Waals surface area contributed by atoms with Gasteiger partial charge in [0.05, 0.1) is 16.3 Å². The smallest absolute Gasteiger partial charge is 0.198 e. The molecule has 1 aliphatic heterocycles. The van der Waals surface area contributed by atoms with E-state index in [1.165, 1.54) is 16.0 Å². The third-order valence-corrected chi connectivity index (χ3v) is 5.34. The molecule has 4 heteroatoms. The summed E-state index contributed by atoms with van der Waals surface area (Å²) >= 11 is 8.10. The van der Waals surface area contributed by atoms with Gasteiger partial charge in [0.25, 0.3) is 0 Å². The maximum absolute atomic E-state index is 6.40. The average Bonchev–Trinajstić information content (AvgIpc) is 3.09. The number of hydrogen-bond donors (Lipinski definition) is 0. The molecule has 0 saturated carbocycles. The number of hydrogen-bond acceptors (Lipinski definition) is 3. The number of aliphatic imine (C=N–C) groups is 1. The minimum absolute atomic E-state index is 0.368. The van der Waals surface area contributed by atoms with Crippen molar-refractivity contribution in [3.63, 3.8) is 0 Å². The van der Waals surface area contributed by atoms with Gasteiger partial charge in [0.15, 0.2) is 5.62 Å². The van der Waals surface area contributed by atoms with Crippen molar-refractivity contribution in [3.8, 4) is 11.1 Å². The van der Waals surface area contributed by atoms with Gasteiger partial charge in [-0.15, -0.1) is 11.3 Å². The molecule has 1 aliphatic rings. The van der Waals surface area contributed by atoms with E-state index in [0.717, 1.165) is 17.0 Å². The molecule has 2 aromatic carbocycles. The number of rotatable bonds is 2. The zero-order valence-electron chi connectivity index (χ0n) is 12.6. The highest BCUT2D eigenvalue weighted by Crippen LogP contribution is 2.35. The van der Waals surface area contributed by atoms with E-state index in [1.54, 1.807) is 11.3 Å². The highest BCUT2D eigenvalue weighted by atomic mass is 35.5. The SMILES string of the molecule is CN1c2ccsc2C(c2cccc(-c3ccccc3)c2)=NC1Cl. The van der Waals surface area contributed by atoms with Crippen LogP contribution < -0.4 is 4.90 Å². The third-order valence-electron chi connectivity index (χ3n) is 4.04. The van der Waals surface area contributed by atoms with Gasteiger partial charge < -0.3 is 4.90 Å². The van der Waals surface area contributed by atoms with Crippen molar-refractivity contribution in [2.24, 2.45) is 4.99 Å². The fourth-order valence-electron chi connectivity index (χ4n) is 2.81. The number of nitrogens with zero attached hydrogens (tertiary/aromatic N) is 2. The van der Waals surface area contributed by atoms with Crippen molar-refractivity contribution in [1.29, 1.82) is 0 Å². The summed E-state index contributed by atoms with van der Waals surface area (Å²) in [5.41, 5.74) is 5.25. The number of anilines is 1. The van der Waals surface area contributed by atoms with Gasteiger partial charge >= 0.3 is 0 Å². The molecule has 0 bridgehead atoms. The van der Waals surface area contributed by atoms with Gasteiger partial charge in [-0.25, -0.2) is 4.99 Å². The summed E-state index contributed by atoms with van der Waals surface area (Å²) in [7, 11) is 1.98. The second-order valence-corrected chi connectivity index (χ2v) is 6.79. The van der Waals surface area contributed by atoms with Gasteiger partial charge in [-0.2, -0.15) is 0 Å². The molecule has 0 aliphatic carbocycles. The predicted octanol–water partition coefficient (Wildman–Crippen LogP) is 5.22. The van der Waals surface area contributed by atoms with E-state index in [-0.39, 0.29) is 5.62 Å². The van der Waals surface area contributed by atoms with Crippen molar-refractivity contribution in [2.75, 3.05) is 11.9 Å². The Morgan fingerprint density at radius 1 is 0.957 bits per heavy atom. The number of benzene rings is 2. The molecular weight excluding hydrogens is 324 g/mol. The zero-order valence-corrected chi connectivity index (χ0v) is 14.2. The molecule has 2 heterocycles. The fraction of sp³-hybridized carbons (Fsp3) is 0.105. The lowest BCUT2D eigenvalue weighted by molar-refractivity contribution is 0.852. The van der Waals surface area contributed by atoms with Gasteiger partial charge in [0.1, 0.15) is 0 Å². The Kier molecular flexibility index (Phi) is 3.68. The summed E-state index contributed by atoms with van der Waals surface area (Å²) in [6, 6.07) is 21.0. The maximum atomic E-state index is 6.40. The first kappa shape index (κ1) is 14.5. The standard InChI is InChI=1S/C19H15ClN2S/c1-22-16-10-11-23-18(16)17(21-19(22)20)15-9-5-8-14(12-15)13-6-3-2-4-7-13/h2-12,19H,1H3. The number of fused-ring (bicyclic) bond motifs is 1. The van der Waals surface area contributed by atoms with Crippen LogP contribution >= 0.6 is 22.9 Å². The van der Waals surface area contributed by atoms with Crippen LogP contribution in [0.25, 0.3) is 11.1 Å². The normalized spacial score (nSPS) is 16.9. The molecule has 1 aromatic heterocycles. The third kappa shape index (κ3) is 2.56. The molecule has 0 fully saturated rings. The molecular formula is C19H15ClN2S. The Morgan fingerprint density at radius 2 is 1.70 bits per heavy atom. The van der Waals surface area contributed by atoms with E-state index in [0.29, 0.717) is 0 Å². The first-order valence-electron chi connectivity index (χ1n) is 7.42. The largest absolute Gasteiger partial charge is 0.339 e. The second kappa shape index (κ2) is 5.84. The molecule has 0 N–H and O–H groups in total. The quantitative estimate of drug-likeness (QED) is 0.461. The van der Waals surface area contributed by atoms with Crippen LogP contribution in [0.4, 0.5) is 5.69 Å². The van der Waals surface area contributed by atoms with E-state index < -0.39 is 0 Å². The molecule has 114 valence electrons. The van der Waals surface area contributed by atoms with Crippen molar-refractivity contribution >= 4 is 34.3 Å². The summed E-state index contributed by atoms with van der Waals surface area (Å²) in [6.45, 7) is 0. The zero-order chi connectivity index (χ0) is 15.8. The average molecular weight is 339 g/mol. The highest BCUT2D eigenvalue weighted by molar-refractivity contribution is 7.13. The Bertz CT molecular complexity index is 870. The minimum atomic E-state index is -0.368. The number of alkyl halides is 1. The Balaban J connectivity index is 1.82. The Morgan fingerprint density at radius 3 is 2.52 bits per heavy atom. The Labute approximate surface area is 144 Å². The van der Waals surface area contributed by atoms with Gasteiger partial charge in [-0.1, -0.05) is 60.1 Å². The summed E-state index contributed by atoms with van der Waals surface area (Å²) in [5.74, 6) is 0. The predicted molar refractivity (Wildman–Crippen MR) is 99.9 cm³/mol. The van der Waals surface area contributed by atoms with Gasteiger partial charge in [0, 0.05) is 12.6 Å². The van der Waals surface area contributed by atoms with Gasteiger partial charge in [-0.3, -0.25) is 0 Å². The highest BCUT2D eigenvalue weighted by Gasteiger charge is 2.25. The van der Waals surface area contributed by atoms with Crippen molar-refractivity contribution < 1.29 is 0 Å². The maximum Gasteiger partial charge on any atom is 0.198 e. The van der Waals surface area contributed by atoms with Crippen molar-refractivity contribution in [2.45, 2.75) is 5.62 Å². The molecule has 1 atom stereocenters. The molecule has 0 spiro atoms. The monoisotopic (exact) mass is 338 g/mol. The van der Waals surface area contributed by atoms with E-state index >= 15 is 0 Å². The van der Waals surface area contributed by atoms with E-state index in [1.807, 2.05) is 18.0 Å². The Hall–Kier alpha value is -2.10. The van der Waals surface area contributed by atoms with Crippen LogP contribution in [0.1, 0.15) is 10.4 Å². The van der Waals surface area contributed by atoms with E-state index in [4.69, 9.17) is 16.6 Å². The van der Waals surface area contributed by atoms with Crippen LogP contribution in [-0.2, 0) is 0 Å². The summed E-state index contributed by atoms with van der Waals surface area (Å²) in [5, 5.41) is 2.09. The van der Waals surface area contributed by atoms with Crippen molar-refractivity contribution in [3.05, 3.63) is 76.5 Å². The van der Waals surface area contributed by atoms with Crippen LogP contribution in [0, 0.1) is 0 Å². The molecule has 3 aromatic rings. The fourth-order valence-corrected chi connectivity index (χ4v) is 3.96. The molecule has 0 amide bonds. The molecule has 23 heavy (non-hydrogen) atoms. The van der Waals surface area contributed by atoms with Crippen LogP contribution in [0.3, 0.4) is 0 Å². The van der Waals surface area contributed by atoms with Crippen LogP contribution in [0.15, 0.2) is 71.0 Å². The number of halogens is 1. The summed E-state index contributed by atoms with van der Waals surface area (Å²) in [4.78, 5) is 7.87. The molecule has 2 nitrogen and oxygen atoms in total. The van der Waals surface area contributed by atoms with Crippen LogP contribution in [-0.4, -0.2) is 18.4 Å². The van der Waals surface area contributed by atoms with E-state index in [9.17, 15) is 0 Å². The second-order valence-electron chi connectivity index (χ2n) is 5.48. The molecule has 0 radical (unpaired) electrons. The lowest BCUT2D eigenvalue weighted by Crippen LogP contribution is -2.31. The summed E-state index contributed by atoms with van der Waals surface area (Å²) in [6.07, 6.45) is 0. The van der Waals surface area contributed by atoms with Gasteiger partial charge in [-0.05, 0) is 28.6 Å². The topological polar surface area (TPSA) is 15.6 Å². The van der Waals surface area contributed by atoms with Crippen LogP contribution in [0.5, 0.6) is 0 Å².